The maximum atomic E-state index is 13.2. The zero-order valence-electron chi connectivity index (χ0n) is 7.62. The molecule has 0 aliphatic heterocycles. The predicted octanol–water partition coefficient (Wildman–Crippen LogP) is 1.38. The zero-order chi connectivity index (χ0) is 10.6. The largest absolute Gasteiger partial charge is 0.375 e. The predicted molar refractivity (Wildman–Crippen MR) is 58.5 cm³/mol. The van der Waals surface area contributed by atoms with Crippen molar-refractivity contribution in [1.29, 1.82) is 0 Å². The molecule has 74 valence electrons. The summed E-state index contributed by atoms with van der Waals surface area (Å²) in [6.45, 7) is 1.67. The number of hydrogen-bond donors (Lipinski definition) is 2. The summed E-state index contributed by atoms with van der Waals surface area (Å²) in [5.41, 5.74) is 8.50. The van der Waals surface area contributed by atoms with Crippen LogP contribution in [-0.4, -0.2) is 10.8 Å². The van der Waals surface area contributed by atoms with Gasteiger partial charge < -0.3 is 5.73 Å². The Morgan fingerprint density at radius 1 is 1.50 bits per heavy atom. The molecule has 3 nitrogen and oxygen atoms in total. The summed E-state index contributed by atoms with van der Waals surface area (Å²) in [6, 6.07) is 6.36. The van der Waals surface area contributed by atoms with E-state index < -0.39 is 0 Å². The molecule has 5 heteroatoms. The van der Waals surface area contributed by atoms with Crippen LogP contribution in [0.4, 0.5) is 4.39 Å². The fourth-order valence-electron chi connectivity index (χ4n) is 0.954. The molecule has 3 N–H and O–H groups in total. The minimum atomic E-state index is -0.321. The summed E-state index contributed by atoms with van der Waals surface area (Å²) in [5.74, 6) is -0.321. The van der Waals surface area contributed by atoms with E-state index in [9.17, 15) is 4.39 Å². The smallest absolute Gasteiger partial charge is 0.184 e. The van der Waals surface area contributed by atoms with Crippen molar-refractivity contribution < 1.29 is 4.39 Å². The van der Waals surface area contributed by atoms with Gasteiger partial charge in [0.15, 0.2) is 5.11 Å². The molecule has 0 spiro atoms. The molecule has 0 aliphatic carbocycles. The summed E-state index contributed by atoms with van der Waals surface area (Å²) >= 11 is 4.56. The van der Waals surface area contributed by atoms with Gasteiger partial charge in [-0.25, -0.2) is 4.39 Å². The number of nitrogens with zero attached hydrogens (tertiary/aromatic N) is 1. The van der Waals surface area contributed by atoms with E-state index in [0.717, 1.165) is 0 Å². The van der Waals surface area contributed by atoms with Gasteiger partial charge in [-0.3, -0.25) is 5.43 Å². The van der Waals surface area contributed by atoms with Crippen molar-refractivity contribution in [2.45, 2.75) is 6.92 Å². The highest BCUT2D eigenvalue weighted by Gasteiger charge is 2.03. The second-order valence-corrected chi connectivity index (χ2v) is 3.09. The number of rotatable bonds is 2. The van der Waals surface area contributed by atoms with Crippen molar-refractivity contribution in [3.8, 4) is 0 Å². The average molecular weight is 211 g/mol. The minimum absolute atomic E-state index is 0.0562. The number of benzene rings is 1. The number of hydrazone groups is 1. The topological polar surface area (TPSA) is 50.4 Å². The van der Waals surface area contributed by atoms with Crippen molar-refractivity contribution in [3.05, 3.63) is 35.6 Å². The molecule has 1 aromatic rings. The number of hydrogen-bond acceptors (Lipinski definition) is 2. The van der Waals surface area contributed by atoms with Crippen LogP contribution >= 0.6 is 12.2 Å². The molecule has 14 heavy (non-hydrogen) atoms. The van der Waals surface area contributed by atoms with Gasteiger partial charge in [0.05, 0.1) is 5.71 Å². The van der Waals surface area contributed by atoms with Gasteiger partial charge in [0, 0.05) is 5.56 Å². The number of nitrogens with two attached hydrogens (primary N) is 1. The van der Waals surface area contributed by atoms with Crippen LogP contribution in [0.1, 0.15) is 12.5 Å². The Balaban J connectivity index is 2.89. The highest BCUT2D eigenvalue weighted by molar-refractivity contribution is 7.80. The van der Waals surface area contributed by atoms with Crippen molar-refractivity contribution >= 4 is 23.0 Å². The first-order valence-electron chi connectivity index (χ1n) is 3.96. The van der Waals surface area contributed by atoms with Gasteiger partial charge >= 0.3 is 0 Å². The standard InChI is InChI=1S/C9H10FN3S/c1-6(12-13-9(11)14)7-4-2-3-5-8(7)10/h2-5H,1H3,(H3,11,13,14)/b12-6-. The van der Waals surface area contributed by atoms with Gasteiger partial charge in [0.2, 0.25) is 0 Å². The summed E-state index contributed by atoms with van der Waals surface area (Å²) in [7, 11) is 0. The Morgan fingerprint density at radius 3 is 2.71 bits per heavy atom. The number of thiocarbonyl (C=S) groups is 1. The van der Waals surface area contributed by atoms with Crippen molar-refractivity contribution in [3.63, 3.8) is 0 Å². The number of halogens is 1. The fourth-order valence-corrected chi connectivity index (χ4v) is 0.999. The lowest BCUT2D eigenvalue weighted by atomic mass is 10.1. The molecule has 0 amide bonds. The third-order valence-electron chi connectivity index (χ3n) is 1.60. The summed E-state index contributed by atoms with van der Waals surface area (Å²) in [4.78, 5) is 0. The zero-order valence-corrected chi connectivity index (χ0v) is 8.44. The van der Waals surface area contributed by atoms with Gasteiger partial charge in [0.1, 0.15) is 5.82 Å². The molecule has 0 heterocycles. The molecule has 0 fully saturated rings. The first-order chi connectivity index (χ1) is 6.61. The van der Waals surface area contributed by atoms with Crippen LogP contribution in [0.15, 0.2) is 29.4 Å². The van der Waals surface area contributed by atoms with Gasteiger partial charge in [-0.2, -0.15) is 5.10 Å². The second kappa shape index (κ2) is 4.66. The van der Waals surface area contributed by atoms with Crippen LogP contribution in [0.25, 0.3) is 0 Å². The maximum absolute atomic E-state index is 13.2. The van der Waals surface area contributed by atoms with Crippen molar-refractivity contribution in [1.82, 2.24) is 5.43 Å². The van der Waals surface area contributed by atoms with E-state index in [4.69, 9.17) is 5.73 Å². The lowest BCUT2D eigenvalue weighted by Gasteiger charge is -2.02. The third-order valence-corrected chi connectivity index (χ3v) is 1.69. The molecule has 0 radical (unpaired) electrons. The van der Waals surface area contributed by atoms with E-state index in [0.29, 0.717) is 11.3 Å². The third kappa shape index (κ3) is 2.77. The molecule has 1 aromatic carbocycles. The lowest BCUT2D eigenvalue weighted by molar-refractivity contribution is 0.625. The van der Waals surface area contributed by atoms with Gasteiger partial charge in [-0.05, 0) is 25.2 Å². The molecular formula is C9H10FN3S. The molecule has 0 bridgehead atoms. The van der Waals surface area contributed by atoms with Crippen molar-refractivity contribution in [2.75, 3.05) is 0 Å². The molecular weight excluding hydrogens is 201 g/mol. The highest BCUT2D eigenvalue weighted by Crippen LogP contribution is 2.06. The Morgan fingerprint density at radius 2 is 2.14 bits per heavy atom. The van der Waals surface area contributed by atoms with Gasteiger partial charge in [-0.1, -0.05) is 18.2 Å². The molecule has 0 saturated heterocycles. The first kappa shape index (κ1) is 10.6. The second-order valence-electron chi connectivity index (χ2n) is 2.65. The fraction of sp³-hybridized carbons (Fsp3) is 0.111. The van der Waals surface area contributed by atoms with E-state index >= 15 is 0 Å². The molecule has 1 rings (SSSR count). The van der Waals surface area contributed by atoms with Crippen LogP contribution < -0.4 is 11.2 Å². The van der Waals surface area contributed by atoms with Crippen LogP contribution in [0.3, 0.4) is 0 Å². The van der Waals surface area contributed by atoms with Crippen LogP contribution in [0.2, 0.25) is 0 Å². The van der Waals surface area contributed by atoms with Gasteiger partial charge in [-0.15, -0.1) is 0 Å². The van der Waals surface area contributed by atoms with Crippen LogP contribution in [-0.2, 0) is 0 Å². The lowest BCUT2D eigenvalue weighted by Crippen LogP contribution is -2.25. The number of nitrogens with one attached hydrogen (secondary N) is 1. The molecule has 0 atom stereocenters. The summed E-state index contributed by atoms with van der Waals surface area (Å²) in [5, 5.41) is 3.87. The van der Waals surface area contributed by atoms with E-state index in [1.54, 1.807) is 25.1 Å². The molecule has 0 unspecified atom stereocenters. The highest BCUT2D eigenvalue weighted by atomic mass is 32.1. The Hall–Kier alpha value is -1.49. The molecule has 0 aliphatic rings. The SMILES string of the molecule is C/C(=N/NC(N)=S)c1ccccc1F. The monoisotopic (exact) mass is 211 g/mol. The summed E-state index contributed by atoms with van der Waals surface area (Å²) in [6.07, 6.45) is 0. The van der Waals surface area contributed by atoms with E-state index in [1.165, 1.54) is 6.07 Å². The van der Waals surface area contributed by atoms with E-state index in [1.807, 2.05) is 0 Å². The Labute approximate surface area is 86.8 Å². The Bertz CT molecular complexity index is 376. The van der Waals surface area contributed by atoms with Crippen molar-refractivity contribution in [2.24, 2.45) is 10.8 Å². The normalized spacial score (nSPS) is 11.1. The van der Waals surface area contributed by atoms with Crippen LogP contribution in [0, 0.1) is 5.82 Å². The average Bonchev–Trinajstić information content (AvgIpc) is 2.15. The van der Waals surface area contributed by atoms with Crippen LogP contribution in [0.5, 0.6) is 0 Å². The molecule has 0 saturated carbocycles. The summed E-state index contributed by atoms with van der Waals surface area (Å²) < 4.78 is 13.2. The first-order valence-corrected chi connectivity index (χ1v) is 4.36. The molecule has 0 aromatic heterocycles. The maximum Gasteiger partial charge on any atom is 0.184 e. The minimum Gasteiger partial charge on any atom is -0.375 e. The quantitative estimate of drug-likeness (QED) is 0.441. The Kier molecular flexibility index (Phi) is 3.53. The van der Waals surface area contributed by atoms with Gasteiger partial charge in [0.25, 0.3) is 0 Å². The van der Waals surface area contributed by atoms with E-state index in [2.05, 4.69) is 22.7 Å². The van der Waals surface area contributed by atoms with E-state index in [-0.39, 0.29) is 10.9 Å².